The summed E-state index contributed by atoms with van der Waals surface area (Å²) in [5.74, 6) is 0.489. The zero-order chi connectivity index (χ0) is 15.1. The Morgan fingerprint density at radius 3 is 2.86 bits per heavy atom. The molecule has 0 saturated carbocycles. The molecule has 2 rings (SSSR count). The Bertz CT molecular complexity index is 396. The molecule has 22 heavy (non-hydrogen) atoms. The fourth-order valence-electron chi connectivity index (χ4n) is 2.29. The van der Waals surface area contributed by atoms with Crippen LogP contribution in [0.5, 0.6) is 0 Å². The molecule has 0 aromatic carbocycles. The quantitative estimate of drug-likeness (QED) is 0.239. The lowest BCUT2D eigenvalue weighted by atomic mass is 10.2. The number of hydrogen-bond acceptors (Lipinski definition) is 4. The number of nitrogens with zero attached hydrogens (tertiary/aromatic N) is 2. The summed E-state index contributed by atoms with van der Waals surface area (Å²) in [5, 5.41) is 8.75. The topological polar surface area (TPSA) is 95.1 Å². The zero-order valence-corrected chi connectivity index (χ0v) is 15.1. The van der Waals surface area contributed by atoms with Gasteiger partial charge in [-0.25, -0.2) is 4.79 Å². The lowest BCUT2D eigenvalue weighted by molar-refractivity contribution is -0.124. The second-order valence-electron chi connectivity index (χ2n) is 4.99. The molecule has 0 aliphatic carbocycles. The molecule has 2 aliphatic rings. The summed E-state index contributed by atoms with van der Waals surface area (Å²) in [7, 11) is 0. The molecule has 126 valence electrons. The molecule has 2 heterocycles. The first-order chi connectivity index (χ1) is 10.2. The minimum atomic E-state index is -0.330. The predicted octanol–water partition coefficient (Wildman–Crippen LogP) is -0.110. The van der Waals surface area contributed by atoms with Crippen LogP contribution in [-0.4, -0.2) is 68.2 Å². The van der Waals surface area contributed by atoms with Crippen molar-refractivity contribution >= 4 is 41.9 Å². The number of urea groups is 1. The zero-order valence-electron chi connectivity index (χ0n) is 12.8. The highest BCUT2D eigenvalue weighted by Gasteiger charge is 2.27. The van der Waals surface area contributed by atoms with Crippen LogP contribution in [-0.2, 0) is 9.53 Å². The first-order valence-corrected chi connectivity index (χ1v) is 7.42. The maximum Gasteiger partial charge on any atom is 0.324 e. The molecular weight excluding hydrogens is 401 g/mol. The maximum atomic E-state index is 11.4. The Balaban J connectivity index is 0.00000242. The van der Waals surface area contributed by atoms with Crippen molar-refractivity contribution in [2.24, 2.45) is 4.99 Å². The van der Waals surface area contributed by atoms with E-state index in [-0.39, 0.29) is 48.6 Å². The van der Waals surface area contributed by atoms with Gasteiger partial charge >= 0.3 is 6.03 Å². The van der Waals surface area contributed by atoms with Crippen LogP contribution in [0.25, 0.3) is 0 Å². The Labute approximate surface area is 147 Å². The van der Waals surface area contributed by atoms with Crippen molar-refractivity contribution in [3.63, 3.8) is 0 Å². The summed E-state index contributed by atoms with van der Waals surface area (Å²) in [4.78, 5) is 28.5. The SMILES string of the molecule is CCNC(=NCC1CCCO1)NCCN1C(=O)CNC1=O.I. The molecule has 1 atom stereocenters. The van der Waals surface area contributed by atoms with Gasteiger partial charge in [-0.05, 0) is 19.8 Å². The normalized spacial score (nSPS) is 21.6. The van der Waals surface area contributed by atoms with Crippen LogP contribution < -0.4 is 16.0 Å². The van der Waals surface area contributed by atoms with E-state index in [0.717, 1.165) is 26.0 Å². The van der Waals surface area contributed by atoms with Crippen LogP contribution in [0.4, 0.5) is 4.79 Å². The molecule has 2 aliphatic heterocycles. The Morgan fingerprint density at radius 1 is 1.45 bits per heavy atom. The number of guanidine groups is 1. The third-order valence-corrected chi connectivity index (χ3v) is 3.39. The van der Waals surface area contributed by atoms with Crippen LogP contribution in [0, 0.1) is 0 Å². The predicted molar refractivity (Wildman–Crippen MR) is 93.5 cm³/mol. The van der Waals surface area contributed by atoms with Crippen LogP contribution in [0.2, 0.25) is 0 Å². The standard InChI is InChI=1S/C13H23N5O3.HI/c1-2-14-12(16-8-10-4-3-7-21-10)15-5-6-18-11(19)9-17-13(18)20;/h10H,2-9H2,1H3,(H,17,20)(H2,14,15,16);1H. The van der Waals surface area contributed by atoms with Gasteiger partial charge in [-0.2, -0.15) is 0 Å². The van der Waals surface area contributed by atoms with Crippen LogP contribution in [0.1, 0.15) is 19.8 Å². The van der Waals surface area contributed by atoms with Gasteiger partial charge in [0.15, 0.2) is 5.96 Å². The Hall–Kier alpha value is -1.10. The van der Waals surface area contributed by atoms with E-state index in [4.69, 9.17) is 4.74 Å². The number of carbonyl (C=O) groups excluding carboxylic acids is 2. The summed E-state index contributed by atoms with van der Waals surface area (Å²) in [5.41, 5.74) is 0. The molecule has 3 amide bonds. The van der Waals surface area contributed by atoms with Gasteiger partial charge in [0.1, 0.15) is 0 Å². The van der Waals surface area contributed by atoms with Gasteiger partial charge in [0.05, 0.1) is 19.2 Å². The van der Waals surface area contributed by atoms with E-state index in [2.05, 4.69) is 20.9 Å². The average molecular weight is 425 g/mol. The second-order valence-corrected chi connectivity index (χ2v) is 4.99. The molecule has 0 aromatic rings. The summed E-state index contributed by atoms with van der Waals surface area (Å²) in [6.07, 6.45) is 2.34. The number of carbonyl (C=O) groups is 2. The van der Waals surface area contributed by atoms with Crippen molar-refractivity contribution in [1.82, 2.24) is 20.9 Å². The number of halogens is 1. The highest BCUT2D eigenvalue weighted by Crippen LogP contribution is 2.11. The first-order valence-electron chi connectivity index (χ1n) is 7.42. The largest absolute Gasteiger partial charge is 0.376 e. The molecule has 1 unspecified atom stereocenters. The minimum absolute atomic E-state index is 0. The van der Waals surface area contributed by atoms with Gasteiger partial charge < -0.3 is 20.7 Å². The lowest BCUT2D eigenvalue weighted by Gasteiger charge is -2.16. The molecule has 0 bridgehead atoms. The number of rotatable bonds is 6. The van der Waals surface area contributed by atoms with Crippen molar-refractivity contribution < 1.29 is 14.3 Å². The van der Waals surface area contributed by atoms with E-state index < -0.39 is 0 Å². The van der Waals surface area contributed by atoms with E-state index in [1.165, 1.54) is 4.90 Å². The summed E-state index contributed by atoms with van der Waals surface area (Å²) in [6.45, 7) is 5.06. The van der Waals surface area contributed by atoms with E-state index in [9.17, 15) is 9.59 Å². The lowest BCUT2D eigenvalue weighted by Crippen LogP contribution is -2.43. The number of nitrogens with one attached hydrogen (secondary N) is 3. The van der Waals surface area contributed by atoms with Crippen molar-refractivity contribution in [3.05, 3.63) is 0 Å². The summed E-state index contributed by atoms with van der Waals surface area (Å²) in [6, 6.07) is -0.330. The second kappa shape index (κ2) is 9.82. The monoisotopic (exact) mass is 425 g/mol. The number of imide groups is 1. The van der Waals surface area contributed by atoms with E-state index in [1.54, 1.807) is 0 Å². The van der Waals surface area contributed by atoms with Crippen molar-refractivity contribution in [1.29, 1.82) is 0 Å². The fraction of sp³-hybridized carbons (Fsp3) is 0.769. The number of ether oxygens (including phenoxy) is 1. The molecule has 3 N–H and O–H groups in total. The number of amides is 3. The average Bonchev–Trinajstić information content (AvgIpc) is 3.09. The molecule has 2 fully saturated rings. The molecule has 9 heteroatoms. The van der Waals surface area contributed by atoms with Gasteiger partial charge in [0.25, 0.3) is 0 Å². The Morgan fingerprint density at radius 2 is 2.27 bits per heavy atom. The van der Waals surface area contributed by atoms with E-state index in [1.807, 2.05) is 6.92 Å². The molecule has 8 nitrogen and oxygen atoms in total. The summed E-state index contributed by atoms with van der Waals surface area (Å²) >= 11 is 0. The van der Waals surface area contributed by atoms with Crippen molar-refractivity contribution in [3.8, 4) is 0 Å². The van der Waals surface area contributed by atoms with Gasteiger partial charge in [0, 0.05) is 26.2 Å². The molecule has 0 spiro atoms. The van der Waals surface area contributed by atoms with E-state index >= 15 is 0 Å². The Kier molecular flexibility index (Phi) is 8.46. The van der Waals surface area contributed by atoms with E-state index in [0.29, 0.717) is 25.6 Å². The molecule has 0 aromatic heterocycles. The van der Waals surface area contributed by atoms with Gasteiger partial charge in [-0.1, -0.05) is 0 Å². The maximum absolute atomic E-state index is 11.4. The molecule has 2 saturated heterocycles. The van der Waals surface area contributed by atoms with Crippen molar-refractivity contribution in [2.75, 3.05) is 39.3 Å². The first kappa shape index (κ1) is 18.9. The third kappa shape index (κ3) is 5.59. The smallest absolute Gasteiger partial charge is 0.324 e. The molecule has 0 radical (unpaired) electrons. The minimum Gasteiger partial charge on any atom is -0.376 e. The highest BCUT2D eigenvalue weighted by molar-refractivity contribution is 14.0. The van der Waals surface area contributed by atoms with Crippen molar-refractivity contribution in [2.45, 2.75) is 25.9 Å². The fourth-order valence-corrected chi connectivity index (χ4v) is 2.29. The third-order valence-electron chi connectivity index (χ3n) is 3.39. The van der Waals surface area contributed by atoms with Crippen LogP contribution in [0.15, 0.2) is 4.99 Å². The highest BCUT2D eigenvalue weighted by atomic mass is 127. The number of aliphatic imine (C=N–C) groups is 1. The van der Waals surface area contributed by atoms with Gasteiger partial charge in [-0.3, -0.25) is 14.7 Å². The van der Waals surface area contributed by atoms with Gasteiger partial charge in [0.2, 0.25) is 5.91 Å². The van der Waals surface area contributed by atoms with Crippen LogP contribution in [0.3, 0.4) is 0 Å². The van der Waals surface area contributed by atoms with Gasteiger partial charge in [-0.15, -0.1) is 24.0 Å². The summed E-state index contributed by atoms with van der Waals surface area (Å²) < 4.78 is 5.53. The molecular formula is C13H24IN5O3. The number of hydrogen-bond donors (Lipinski definition) is 3. The van der Waals surface area contributed by atoms with Crippen LogP contribution >= 0.6 is 24.0 Å².